The van der Waals surface area contributed by atoms with Crippen LogP contribution in [0.25, 0.3) is 11.3 Å². The Bertz CT molecular complexity index is 1370. The number of halogens is 1. The fourth-order valence-electron chi connectivity index (χ4n) is 3.20. The zero-order valence-corrected chi connectivity index (χ0v) is 19.5. The lowest BCUT2D eigenvalue weighted by Gasteiger charge is -2.11. The molecule has 2 N–H and O–H groups in total. The van der Waals surface area contributed by atoms with Gasteiger partial charge in [0.05, 0.1) is 24.6 Å². The Balaban J connectivity index is 1.41. The van der Waals surface area contributed by atoms with Gasteiger partial charge in [-0.2, -0.15) is 10.2 Å². The van der Waals surface area contributed by atoms with Crippen molar-refractivity contribution in [3.63, 3.8) is 0 Å². The van der Waals surface area contributed by atoms with Crippen molar-refractivity contribution in [3.05, 3.63) is 106 Å². The highest BCUT2D eigenvalue weighted by Gasteiger charge is 2.14. The molecule has 0 aliphatic rings. The minimum absolute atomic E-state index is 0.235. The fraction of sp³-hybridized carbons (Fsp3) is 0.0769. The van der Waals surface area contributed by atoms with Crippen LogP contribution in [0.15, 0.2) is 84.0 Å². The molecule has 8 nitrogen and oxygen atoms in total. The quantitative estimate of drug-likeness (QED) is 0.209. The van der Waals surface area contributed by atoms with Crippen molar-refractivity contribution in [2.24, 2.45) is 5.10 Å². The molecule has 0 fully saturated rings. The molecule has 0 aliphatic carbocycles. The molecule has 0 atom stereocenters. The van der Waals surface area contributed by atoms with Gasteiger partial charge in [-0.1, -0.05) is 54.1 Å². The number of aromatic nitrogens is 2. The van der Waals surface area contributed by atoms with Crippen molar-refractivity contribution >= 4 is 29.7 Å². The fourth-order valence-corrected chi connectivity index (χ4v) is 3.39. The number of methoxy groups -OCH3 is 1. The van der Waals surface area contributed by atoms with E-state index in [0.717, 1.165) is 11.1 Å². The molecule has 9 heteroatoms. The van der Waals surface area contributed by atoms with Crippen LogP contribution in [0, 0.1) is 0 Å². The topological polar surface area (TPSA) is 106 Å². The van der Waals surface area contributed by atoms with Gasteiger partial charge in [0.1, 0.15) is 18.1 Å². The Morgan fingerprint density at radius 2 is 1.80 bits per heavy atom. The molecule has 0 saturated carbocycles. The van der Waals surface area contributed by atoms with Crippen LogP contribution in [0.3, 0.4) is 0 Å². The van der Waals surface area contributed by atoms with Crippen LogP contribution in [0.4, 0.5) is 0 Å². The van der Waals surface area contributed by atoms with E-state index in [1.807, 2.05) is 48.5 Å². The van der Waals surface area contributed by atoms with E-state index in [1.54, 1.807) is 30.3 Å². The van der Waals surface area contributed by atoms with Gasteiger partial charge in [-0.15, -0.1) is 0 Å². The molecule has 0 bridgehead atoms. The van der Waals surface area contributed by atoms with Gasteiger partial charge in [-0.3, -0.25) is 9.89 Å². The van der Waals surface area contributed by atoms with E-state index in [9.17, 15) is 9.59 Å². The monoisotopic (exact) mass is 488 g/mol. The molecule has 176 valence electrons. The Morgan fingerprint density at radius 1 is 1.06 bits per heavy atom. The first-order valence-electron chi connectivity index (χ1n) is 10.6. The maximum atomic E-state index is 12.5. The van der Waals surface area contributed by atoms with Crippen molar-refractivity contribution in [3.8, 4) is 17.0 Å². The zero-order valence-electron chi connectivity index (χ0n) is 18.7. The summed E-state index contributed by atoms with van der Waals surface area (Å²) < 4.78 is 10.6. The van der Waals surface area contributed by atoms with E-state index in [1.165, 1.54) is 13.3 Å². The maximum Gasteiger partial charge on any atom is 0.337 e. The standard InChI is InChI=1S/C26H21ClN4O4/c1-34-26(33)18-12-10-17(11-13-18)15-28-31-25(32)23-14-22(29-30-23)20-7-3-5-9-24(20)35-16-19-6-2-4-8-21(19)27/h2-15H,16H2,1H3,(H,29,30)(H,31,32)/b28-15-. The summed E-state index contributed by atoms with van der Waals surface area (Å²) in [4.78, 5) is 24.0. The number of benzene rings is 3. The maximum absolute atomic E-state index is 12.5. The number of aromatic amines is 1. The van der Waals surface area contributed by atoms with Crippen LogP contribution in [0.1, 0.15) is 32.0 Å². The number of carbonyl (C=O) groups excluding carboxylic acids is 2. The first kappa shape index (κ1) is 23.7. The van der Waals surface area contributed by atoms with Gasteiger partial charge in [0.2, 0.25) is 0 Å². The Labute approximate surface area is 206 Å². The van der Waals surface area contributed by atoms with Crippen LogP contribution in [0.2, 0.25) is 5.02 Å². The molecule has 1 amide bonds. The average molecular weight is 489 g/mol. The number of nitrogens with one attached hydrogen (secondary N) is 2. The smallest absolute Gasteiger partial charge is 0.337 e. The van der Waals surface area contributed by atoms with Crippen molar-refractivity contribution in [2.75, 3.05) is 7.11 Å². The van der Waals surface area contributed by atoms with Crippen LogP contribution in [0.5, 0.6) is 5.75 Å². The van der Waals surface area contributed by atoms with Crippen LogP contribution < -0.4 is 10.2 Å². The molecule has 4 aromatic rings. The second kappa shape index (κ2) is 11.1. The van der Waals surface area contributed by atoms with E-state index >= 15 is 0 Å². The summed E-state index contributed by atoms with van der Waals surface area (Å²) in [5, 5.41) is 11.6. The Hall–Kier alpha value is -4.43. The third-order valence-corrected chi connectivity index (χ3v) is 5.41. The minimum atomic E-state index is -0.458. The third kappa shape index (κ3) is 5.93. The molecule has 0 aliphatic heterocycles. The summed E-state index contributed by atoms with van der Waals surface area (Å²) in [6.45, 7) is 0.295. The molecule has 0 radical (unpaired) electrons. The van der Waals surface area contributed by atoms with Crippen LogP contribution >= 0.6 is 11.6 Å². The molecule has 1 aromatic heterocycles. The molecule has 1 heterocycles. The zero-order chi connectivity index (χ0) is 24.6. The highest BCUT2D eigenvalue weighted by atomic mass is 35.5. The molecule has 35 heavy (non-hydrogen) atoms. The predicted molar refractivity (Wildman–Crippen MR) is 133 cm³/mol. The van der Waals surface area contributed by atoms with E-state index in [2.05, 4.69) is 25.5 Å². The lowest BCUT2D eigenvalue weighted by molar-refractivity contribution is 0.0600. The molecular formula is C26H21ClN4O4. The lowest BCUT2D eigenvalue weighted by atomic mass is 10.1. The van der Waals surface area contributed by atoms with E-state index in [-0.39, 0.29) is 5.69 Å². The number of nitrogens with zero attached hydrogens (tertiary/aromatic N) is 2. The highest BCUT2D eigenvalue weighted by molar-refractivity contribution is 6.31. The minimum Gasteiger partial charge on any atom is -0.488 e. The summed E-state index contributed by atoms with van der Waals surface area (Å²) >= 11 is 6.22. The van der Waals surface area contributed by atoms with Crippen LogP contribution in [-0.4, -0.2) is 35.4 Å². The number of H-pyrrole nitrogens is 1. The van der Waals surface area contributed by atoms with E-state index < -0.39 is 11.9 Å². The third-order valence-electron chi connectivity index (χ3n) is 5.04. The normalized spacial score (nSPS) is 10.8. The molecule has 4 rings (SSSR count). The van der Waals surface area contributed by atoms with E-state index in [4.69, 9.17) is 16.3 Å². The molecule has 0 unspecified atom stereocenters. The lowest BCUT2D eigenvalue weighted by Crippen LogP contribution is -2.18. The van der Waals surface area contributed by atoms with Crippen LogP contribution in [-0.2, 0) is 11.3 Å². The SMILES string of the molecule is COC(=O)c1ccc(/C=N\NC(=O)c2cc(-c3ccccc3OCc3ccccc3Cl)n[nH]2)cc1. The number of hydrogen-bond donors (Lipinski definition) is 2. The summed E-state index contributed by atoms with van der Waals surface area (Å²) in [6.07, 6.45) is 1.47. The summed E-state index contributed by atoms with van der Waals surface area (Å²) in [5.41, 5.74) is 5.95. The summed E-state index contributed by atoms with van der Waals surface area (Å²) in [5.74, 6) is -0.271. The summed E-state index contributed by atoms with van der Waals surface area (Å²) in [7, 11) is 1.32. The number of carbonyl (C=O) groups is 2. The number of hydrogen-bond acceptors (Lipinski definition) is 6. The summed E-state index contributed by atoms with van der Waals surface area (Å²) in [6, 6.07) is 23.1. The van der Waals surface area contributed by atoms with Gasteiger partial charge in [-0.05, 0) is 42.0 Å². The van der Waals surface area contributed by atoms with E-state index in [0.29, 0.717) is 34.2 Å². The van der Waals surface area contributed by atoms with Crippen molar-refractivity contribution in [2.45, 2.75) is 6.61 Å². The first-order valence-corrected chi connectivity index (χ1v) is 11.0. The number of hydrazone groups is 1. The van der Waals surface area contributed by atoms with Gasteiger partial charge in [-0.25, -0.2) is 10.2 Å². The number of esters is 1. The van der Waals surface area contributed by atoms with Crippen molar-refractivity contribution in [1.29, 1.82) is 0 Å². The Morgan fingerprint density at radius 3 is 2.57 bits per heavy atom. The first-order chi connectivity index (χ1) is 17.0. The molecular weight excluding hydrogens is 468 g/mol. The molecule has 3 aromatic carbocycles. The van der Waals surface area contributed by atoms with Crippen molar-refractivity contribution in [1.82, 2.24) is 15.6 Å². The van der Waals surface area contributed by atoms with Gasteiger partial charge in [0.15, 0.2) is 0 Å². The second-order valence-electron chi connectivity index (χ2n) is 7.36. The Kier molecular flexibility index (Phi) is 7.54. The molecule has 0 spiro atoms. The van der Waals surface area contributed by atoms with Crippen molar-refractivity contribution < 1.29 is 19.1 Å². The number of ether oxygens (including phenoxy) is 2. The largest absolute Gasteiger partial charge is 0.488 e. The highest BCUT2D eigenvalue weighted by Crippen LogP contribution is 2.30. The van der Waals surface area contributed by atoms with Gasteiger partial charge in [0, 0.05) is 16.1 Å². The average Bonchev–Trinajstić information content (AvgIpc) is 3.39. The number of rotatable bonds is 8. The van der Waals surface area contributed by atoms with Gasteiger partial charge < -0.3 is 9.47 Å². The number of amides is 1. The second-order valence-corrected chi connectivity index (χ2v) is 7.76. The predicted octanol–water partition coefficient (Wildman–Crippen LogP) is 4.86. The molecule has 0 saturated heterocycles. The van der Waals surface area contributed by atoms with Gasteiger partial charge in [0.25, 0.3) is 5.91 Å². The number of para-hydroxylation sites is 1. The van der Waals surface area contributed by atoms with Gasteiger partial charge >= 0.3 is 5.97 Å².